The van der Waals surface area contributed by atoms with Crippen molar-refractivity contribution in [3.05, 3.63) is 77.4 Å². The monoisotopic (exact) mass is 386 g/mol. The van der Waals surface area contributed by atoms with E-state index in [4.69, 9.17) is 4.74 Å². The number of esters is 1. The molecule has 2 N–H and O–H groups in total. The molecule has 1 amide bonds. The number of carbonyl (C=O) groups is 2. The Balaban J connectivity index is 1.86. The van der Waals surface area contributed by atoms with Gasteiger partial charge >= 0.3 is 5.97 Å². The van der Waals surface area contributed by atoms with Crippen LogP contribution in [-0.2, 0) is 9.53 Å². The largest absolute Gasteiger partial charge is 0.507 e. The predicted molar refractivity (Wildman–Crippen MR) is 110 cm³/mol. The van der Waals surface area contributed by atoms with E-state index in [9.17, 15) is 20.0 Å². The van der Waals surface area contributed by atoms with Crippen LogP contribution in [0.5, 0.6) is 5.75 Å². The number of anilines is 1. The first-order valence-corrected chi connectivity index (χ1v) is 8.94. The van der Waals surface area contributed by atoms with Crippen molar-refractivity contribution >= 4 is 34.4 Å². The molecule has 0 atom stereocenters. The second-order valence-electron chi connectivity index (χ2n) is 6.14. The van der Waals surface area contributed by atoms with Crippen LogP contribution in [0.3, 0.4) is 0 Å². The van der Waals surface area contributed by atoms with E-state index in [0.717, 1.165) is 10.8 Å². The van der Waals surface area contributed by atoms with Crippen molar-refractivity contribution in [2.24, 2.45) is 0 Å². The molecule has 0 spiro atoms. The van der Waals surface area contributed by atoms with Gasteiger partial charge in [0.2, 0.25) is 0 Å². The molecule has 6 heteroatoms. The van der Waals surface area contributed by atoms with Gasteiger partial charge in [0.15, 0.2) is 0 Å². The highest BCUT2D eigenvalue weighted by Gasteiger charge is 2.13. The molecule has 29 heavy (non-hydrogen) atoms. The van der Waals surface area contributed by atoms with Gasteiger partial charge in [0, 0.05) is 11.3 Å². The van der Waals surface area contributed by atoms with Crippen molar-refractivity contribution < 1.29 is 19.4 Å². The van der Waals surface area contributed by atoms with Crippen molar-refractivity contribution in [1.29, 1.82) is 5.26 Å². The lowest BCUT2D eigenvalue weighted by molar-refractivity contribution is -0.112. The summed E-state index contributed by atoms with van der Waals surface area (Å²) in [5.74, 6) is -1.10. The quantitative estimate of drug-likeness (QED) is 0.388. The number of fused-ring (bicyclic) bond motifs is 1. The number of phenolic OH excluding ortho intramolecular Hbond substituents is 1. The Labute approximate surface area is 167 Å². The highest BCUT2D eigenvalue weighted by molar-refractivity contribution is 6.11. The molecule has 0 fully saturated rings. The molecule has 0 aliphatic carbocycles. The minimum atomic E-state index is -0.622. The summed E-state index contributed by atoms with van der Waals surface area (Å²) in [5.41, 5.74) is 1.02. The fourth-order valence-corrected chi connectivity index (χ4v) is 2.83. The Hall–Kier alpha value is -4.11. The highest BCUT2D eigenvalue weighted by atomic mass is 16.5. The van der Waals surface area contributed by atoms with Crippen molar-refractivity contribution in [2.45, 2.75) is 6.92 Å². The number of phenols is 1. The SMILES string of the molecule is CCOC(=O)c1ccc(NC(=O)/C(C#N)=C/c2c(O)ccc3ccccc23)cc1. The normalized spacial score (nSPS) is 11.0. The first-order valence-electron chi connectivity index (χ1n) is 8.94. The minimum Gasteiger partial charge on any atom is -0.507 e. The third-order valence-electron chi connectivity index (χ3n) is 4.26. The Morgan fingerprint density at radius 1 is 1.10 bits per heavy atom. The summed E-state index contributed by atoms with van der Waals surface area (Å²) in [4.78, 5) is 24.2. The number of ether oxygens (including phenoxy) is 1. The number of nitrogens with one attached hydrogen (secondary N) is 1. The van der Waals surface area contributed by atoms with Gasteiger partial charge in [-0.3, -0.25) is 4.79 Å². The number of nitrogens with zero attached hydrogens (tertiary/aromatic N) is 1. The summed E-state index contributed by atoms with van der Waals surface area (Å²) >= 11 is 0. The van der Waals surface area contributed by atoms with Crippen LogP contribution in [0.25, 0.3) is 16.8 Å². The Morgan fingerprint density at radius 2 is 1.83 bits per heavy atom. The van der Waals surface area contributed by atoms with Gasteiger partial charge in [-0.1, -0.05) is 30.3 Å². The fourth-order valence-electron chi connectivity index (χ4n) is 2.83. The van der Waals surface area contributed by atoms with Crippen molar-refractivity contribution in [3.63, 3.8) is 0 Å². The lowest BCUT2D eigenvalue weighted by Crippen LogP contribution is -2.13. The van der Waals surface area contributed by atoms with Gasteiger partial charge in [-0.15, -0.1) is 0 Å². The zero-order chi connectivity index (χ0) is 20.8. The highest BCUT2D eigenvalue weighted by Crippen LogP contribution is 2.29. The van der Waals surface area contributed by atoms with Gasteiger partial charge in [-0.25, -0.2) is 4.79 Å². The topological polar surface area (TPSA) is 99.4 Å². The zero-order valence-corrected chi connectivity index (χ0v) is 15.7. The van der Waals surface area contributed by atoms with Crippen molar-refractivity contribution in [2.75, 3.05) is 11.9 Å². The third-order valence-corrected chi connectivity index (χ3v) is 4.26. The van der Waals surface area contributed by atoms with E-state index >= 15 is 0 Å². The maximum Gasteiger partial charge on any atom is 0.338 e. The van der Waals surface area contributed by atoms with Crippen LogP contribution in [0.15, 0.2) is 66.2 Å². The molecule has 0 unspecified atom stereocenters. The van der Waals surface area contributed by atoms with Crippen LogP contribution in [0.1, 0.15) is 22.8 Å². The molecule has 3 aromatic carbocycles. The van der Waals surface area contributed by atoms with Crippen LogP contribution in [0.4, 0.5) is 5.69 Å². The lowest BCUT2D eigenvalue weighted by atomic mass is 10.0. The number of benzene rings is 3. The zero-order valence-electron chi connectivity index (χ0n) is 15.7. The Morgan fingerprint density at radius 3 is 2.52 bits per heavy atom. The Kier molecular flexibility index (Phi) is 5.91. The molecule has 144 valence electrons. The third kappa shape index (κ3) is 4.42. The summed E-state index contributed by atoms with van der Waals surface area (Å²) in [7, 11) is 0. The smallest absolute Gasteiger partial charge is 0.338 e. The van der Waals surface area contributed by atoms with E-state index in [1.54, 1.807) is 25.1 Å². The van der Waals surface area contributed by atoms with Gasteiger partial charge < -0.3 is 15.2 Å². The van der Waals surface area contributed by atoms with Crippen LogP contribution in [0, 0.1) is 11.3 Å². The standard InChI is InChI=1S/C23H18N2O4/c1-2-29-23(28)16-7-10-18(11-8-16)25-22(27)17(14-24)13-20-19-6-4-3-5-15(19)9-12-21(20)26/h3-13,26H,2H2,1H3,(H,25,27)/b17-13+. The predicted octanol–water partition coefficient (Wildman–Crippen LogP) is 4.27. The number of carbonyl (C=O) groups excluding carboxylic acids is 2. The second-order valence-corrected chi connectivity index (χ2v) is 6.14. The van der Waals surface area contributed by atoms with E-state index in [1.807, 2.05) is 30.3 Å². The molecule has 0 aliphatic rings. The number of rotatable bonds is 5. The van der Waals surface area contributed by atoms with E-state index < -0.39 is 11.9 Å². The molecule has 0 aromatic heterocycles. The molecule has 0 radical (unpaired) electrons. The summed E-state index contributed by atoms with van der Waals surface area (Å²) in [6, 6.07) is 18.7. The Bertz CT molecular complexity index is 1140. The van der Waals surface area contributed by atoms with Gasteiger partial charge in [-0.2, -0.15) is 5.26 Å². The molecule has 0 heterocycles. The van der Waals surface area contributed by atoms with Gasteiger partial charge in [-0.05, 0) is 54.1 Å². The fraction of sp³-hybridized carbons (Fsp3) is 0.0870. The van der Waals surface area contributed by atoms with Crippen molar-refractivity contribution in [1.82, 2.24) is 0 Å². The first-order chi connectivity index (χ1) is 14.0. The first kappa shape index (κ1) is 19.6. The number of amides is 1. The van der Waals surface area contributed by atoms with Gasteiger partial charge in [0.05, 0.1) is 12.2 Å². The minimum absolute atomic E-state index is 0.0250. The van der Waals surface area contributed by atoms with Crippen LogP contribution >= 0.6 is 0 Å². The summed E-state index contributed by atoms with van der Waals surface area (Å²) in [6.07, 6.45) is 1.36. The van der Waals surface area contributed by atoms with E-state index in [-0.39, 0.29) is 17.9 Å². The van der Waals surface area contributed by atoms with Gasteiger partial charge in [0.1, 0.15) is 17.4 Å². The summed E-state index contributed by atoms with van der Waals surface area (Å²) < 4.78 is 4.92. The molecular weight excluding hydrogens is 368 g/mol. The average Bonchev–Trinajstić information content (AvgIpc) is 2.73. The van der Waals surface area contributed by atoms with E-state index in [2.05, 4.69) is 5.32 Å². The number of nitriles is 1. The number of hydrogen-bond acceptors (Lipinski definition) is 5. The molecule has 0 saturated heterocycles. The molecular formula is C23H18N2O4. The van der Waals surface area contributed by atoms with Crippen LogP contribution < -0.4 is 5.32 Å². The molecule has 0 aliphatic heterocycles. The van der Waals surface area contributed by atoms with Crippen LogP contribution in [-0.4, -0.2) is 23.6 Å². The number of hydrogen-bond donors (Lipinski definition) is 2. The summed E-state index contributed by atoms with van der Waals surface area (Å²) in [6.45, 7) is 1.99. The van der Waals surface area contributed by atoms with Gasteiger partial charge in [0.25, 0.3) is 5.91 Å². The molecule has 3 rings (SSSR count). The molecule has 3 aromatic rings. The molecule has 6 nitrogen and oxygen atoms in total. The number of aromatic hydroxyl groups is 1. The van der Waals surface area contributed by atoms with E-state index in [0.29, 0.717) is 16.8 Å². The molecule has 0 bridgehead atoms. The lowest BCUT2D eigenvalue weighted by Gasteiger charge is -2.08. The van der Waals surface area contributed by atoms with Crippen molar-refractivity contribution in [3.8, 4) is 11.8 Å². The van der Waals surface area contributed by atoms with E-state index in [1.165, 1.54) is 24.3 Å². The summed E-state index contributed by atoms with van der Waals surface area (Å²) in [5, 5.41) is 23.9. The maximum atomic E-state index is 12.5. The molecule has 0 saturated carbocycles. The van der Waals surface area contributed by atoms with Crippen LogP contribution in [0.2, 0.25) is 0 Å². The maximum absolute atomic E-state index is 12.5. The second kappa shape index (κ2) is 8.72. The average molecular weight is 386 g/mol.